The maximum Gasteiger partial charge on any atom is 0.490 e. The highest BCUT2D eigenvalue weighted by molar-refractivity contribution is 7.66. The van der Waals surface area contributed by atoms with Gasteiger partial charge in [0.2, 0.25) is 0 Å². The van der Waals surface area contributed by atoms with Gasteiger partial charge in [-0.15, -0.1) is 0 Å². The summed E-state index contributed by atoms with van der Waals surface area (Å²) in [6.45, 7) is 0.877. The lowest BCUT2D eigenvalue weighted by Crippen LogP contribution is -2.44. The number of rotatable bonds is 10. The Hall–Kier alpha value is -0.990. The van der Waals surface area contributed by atoms with E-state index in [0.717, 1.165) is 16.8 Å². The first kappa shape index (κ1) is 26.3. The van der Waals surface area contributed by atoms with Crippen molar-refractivity contribution in [2.45, 2.75) is 44.1 Å². The molecule has 0 bridgehead atoms. The van der Waals surface area contributed by atoms with E-state index in [4.69, 9.17) is 19.4 Å². The molecule has 19 heteroatoms. The Morgan fingerprint density at radius 2 is 1.84 bits per heavy atom. The maximum atomic E-state index is 12.2. The molecule has 1 fully saturated rings. The van der Waals surface area contributed by atoms with Crippen LogP contribution in [0, 0.1) is 0 Å². The Morgan fingerprint density at radius 1 is 1.19 bits per heavy atom. The average molecular weight is 510 g/mol. The largest absolute Gasteiger partial charge is 0.490 e. The topological polar surface area (TPSA) is 244 Å². The van der Waals surface area contributed by atoms with Crippen LogP contribution in [0.25, 0.3) is 0 Å². The third-order valence-corrected chi connectivity index (χ3v) is 7.85. The fraction of sp³-hybridized carbons (Fsp3) is 0.667. The Morgan fingerprint density at radius 3 is 2.39 bits per heavy atom. The fourth-order valence-corrected chi connectivity index (χ4v) is 6.08. The smallest absolute Gasteiger partial charge is 0.390 e. The Kier molecular flexibility index (Phi) is 8.03. The number of H-pyrrole nitrogens is 1. The zero-order valence-corrected chi connectivity index (χ0v) is 18.5. The van der Waals surface area contributed by atoms with Crippen molar-refractivity contribution in [2.75, 3.05) is 6.61 Å². The molecule has 16 nitrogen and oxygen atoms in total. The summed E-state index contributed by atoms with van der Waals surface area (Å²) in [4.78, 5) is 61.2. The minimum absolute atomic E-state index is 0.169. The van der Waals surface area contributed by atoms with Gasteiger partial charge in [-0.2, -0.15) is 8.62 Å². The number of hydrogen-bond donors (Lipinski definition) is 6. The van der Waals surface area contributed by atoms with Crippen LogP contribution in [0.15, 0.2) is 21.9 Å². The molecule has 6 N–H and O–H groups in total. The lowest BCUT2D eigenvalue weighted by molar-refractivity contribution is -0.123. The third-order valence-electron chi connectivity index (χ3n) is 4.05. The highest BCUT2D eigenvalue weighted by Crippen LogP contribution is 2.66. The van der Waals surface area contributed by atoms with E-state index in [1.165, 1.54) is 0 Å². The van der Waals surface area contributed by atoms with E-state index in [9.17, 15) is 33.3 Å². The molecule has 5 atom stereocenters. The maximum absolute atomic E-state index is 12.2. The number of hydrogen-bond acceptors (Lipinski definition) is 10. The van der Waals surface area contributed by atoms with Crippen LogP contribution < -0.4 is 11.2 Å². The van der Waals surface area contributed by atoms with E-state index in [1.807, 2.05) is 4.98 Å². The zero-order valence-electron chi connectivity index (χ0n) is 15.8. The van der Waals surface area contributed by atoms with Gasteiger partial charge in [-0.05, 0) is 6.42 Å². The highest BCUT2D eigenvalue weighted by Gasteiger charge is 2.49. The predicted molar refractivity (Wildman–Crippen MR) is 99.5 cm³/mol. The van der Waals surface area contributed by atoms with Crippen LogP contribution in [0.1, 0.15) is 26.2 Å². The van der Waals surface area contributed by atoms with E-state index < -0.39 is 59.3 Å². The summed E-state index contributed by atoms with van der Waals surface area (Å²) >= 11 is 0. The average Bonchev–Trinajstić information content (AvgIpc) is 2.86. The van der Waals surface area contributed by atoms with Crippen molar-refractivity contribution in [2.24, 2.45) is 0 Å². The van der Waals surface area contributed by atoms with Gasteiger partial charge in [0.05, 0.1) is 12.7 Å². The normalized spacial score (nSPS) is 28.2. The minimum Gasteiger partial charge on any atom is -0.390 e. The first-order chi connectivity index (χ1) is 14.1. The monoisotopic (exact) mass is 510 g/mol. The quantitative estimate of drug-likeness (QED) is 0.217. The predicted octanol–water partition coefficient (Wildman–Crippen LogP) is -0.517. The SMILES string of the molecule is CCC[C@]1(n2ccc(=O)[nH]c2=O)C[C@H](O)[C@@H](COP(=O)(O)OP(=O)(O)OP(=O)(O)O)O1. The van der Waals surface area contributed by atoms with Crippen LogP contribution in [0.4, 0.5) is 0 Å². The standard InChI is InChI=1S/C12H21N2O14P3/c1-2-4-12(14-5-3-10(16)13-11(14)17)6-8(15)9(26-12)7-25-30(21,22)28-31(23,24)27-29(18,19)20/h3,5,8-9,15H,2,4,6-7H2,1H3,(H,21,22)(H,23,24)(H,13,16,17)(H2,18,19,20)/t8-,9+,12+/m0/s1. The van der Waals surface area contributed by atoms with Crippen molar-refractivity contribution in [1.29, 1.82) is 0 Å². The number of phosphoric ester groups is 1. The molecule has 0 saturated carbocycles. The molecular formula is C12H21N2O14P3. The molecule has 1 aliphatic heterocycles. The second-order valence-electron chi connectivity index (χ2n) is 6.49. The molecule has 2 heterocycles. The molecule has 2 rings (SSSR count). The number of aliphatic hydroxyl groups is 1. The van der Waals surface area contributed by atoms with E-state index in [-0.39, 0.29) is 12.8 Å². The minimum atomic E-state index is -5.69. The molecule has 1 saturated heterocycles. The van der Waals surface area contributed by atoms with Crippen molar-refractivity contribution in [1.82, 2.24) is 9.55 Å². The molecule has 1 aliphatic rings. The van der Waals surface area contributed by atoms with E-state index in [0.29, 0.717) is 6.42 Å². The summed E-state index contributed by atoms with van der Waals surface area (Å²) < 4.78 is 52.2. The van der Waals surface area contributed by atoms with Gasteiger partial charge < -0.3 is 29.4 Å². The molecule has 2 unspecified atom stereocenters. The number of phosphoric acid groups is 3. The number of aromatic amines is 1. The molecule has 31 heavy (non-hydrogen) atoms. The molecular weight excluding hydrogens is 489 g/mol. The van der Waals surface area contributed by atoms with E-state index in [1.54, 1.807) is 6.92 Å². The molecule has 0 aromatic carbocycles. The summed E-state index contributed by atoms with van der Waals surface area (Å²) in [7, 11) is -16.6. The van der Waals surface area contributed by atoms with Crippen LogP contribution >= 0.6 is 23.5 Å². The fourth-order valence-electron chi connectivity index (χ4n) is 3.05. The lowest BCUT2D eigenvalue weighted by atomic mass is 10.0. The summed E-state index contributed by atoms with van der Waals surface area (Å²) in [5.41, 5.74) is -2.91. The second kappa shape index (κ2) is 9.48. The third kappa shape index (κ3) is 7.26. The van der Waals surface area contributed by atoms with Crippen molar-refractivity contribution in [3.05, 3.63) is 33.1 Å². The second-order valence-corrected chi connectivity index (χ2v) is 10.9. The summed E-state index contributed by atoms with van der Waals surface area (Å²) in [5.74, 6) is 0. The van der Waals surface area contributed by atoms with Gasteiger partial charge in [0.15, 0.2) is 5.72 Å². The molecule has 0 radical (unpaired) electrons. The first-order valence-corrected chi connectivity index (χ1v) is 13.1. The molecule has 0 aliphatic carbocycles. The summed E-state index contributed by atoms with van der Waals surface area (Å²) in [6.07, 6.45) is -0.999. The van der Waals surface area contributed by atoms with Crippen LogP contribution in [-0.2, 0) is 37.3 Å². The molecule has 1 aromatic heterocycles. The Bertz CT molecular complexity index is 1050. The number of aromatic nitrogens is 2. The van der Waals surface area contributed by atoms with Crippen LogP contribution in [-0.4, -0.2) is 53.0 Å². The van der Waals surface area contributed by atoms with Gasteiger partial charge in [0.25, 0.3) is 5.56 Å². The highest BCUT2D eigenvalue weighted by atomic mass is 31.3. The summed E-state index contributed by atoms with van der Waals surface area (Å²) in [6, 6.07) is 1.06. The van der Waals surface area contributed by atoms with E-state index >= 15 is 0 Å². The van der Waals surface area contributed by atoms with Gasteiger partial charge in [-0.1, -0.05) is 13.3 Å². The molecule has 178 valence electrons. The Labute approximate surface area is 173 Å². The van der Waals surface area contributed by atoms with Crippen LogP contribution in [0.2, 0.25) is 0 Å². The van der Waals surface area contributed by atoms with Gasteiger partial charge >= 0.3 is 29.2 Å². The van der Waals surface area contributed by atoms with Crippen LogP contribution in [0.3, 0.4) is 0 Å². The molecule has 0 amide bonds. The van der Waals surface area contributed by atoms with Gasteiger partial charge in [0.1, 0.15) is 6.10 Å². The van der Waals surface area contributed by atoms with Crippen molar-refractivity contribution in [3.63, 3.8) is 0 Å². The van der Waals surface area contributed by atoms with Gasteiger partial charge in [0, 0.05) is 18.7 Å². The van der Waals surface area contributed by atoms with Crippen molar-refractivity contribution < 1.29 is 56.3 Å². The van der Waals surface area contributed by atoms with Gasteiger partial charge in [-0.25, -0.2) is 18.5 Å². The summed E-state index contributed by atoms with van der Waals surface area (Å²) in [5, 5.41) is 10.3. The number of ether oxygens (including phenoxy) is 1. The van der Waals surface area contributed by atoms with Gasteiger partial charge in [-0.3, -0.25) is 18.9 Å². The molecule has 0 spiro atoms. The van der Waals surface area contributed by atoms with E-state index in [2.05, 4.69) is 13.1 Å². The van der Waals surface area contributed by atoms with Crippen molar-refractivity contribution in [3.8, 4) is 0 Å². The lowest BCUT2D eigenvalue weighted by Gasteiger charge is -2.30. The van der Waals surface area contributed by atoms with Crippen LogP contribution in [0.5, 0.6) is 0 Å². The van der Waals surface area contributed by atoms with Crippen molar-refractivity contribution >= 4 is 23.5 Å². The molecule has 1 aromatic rings. The number of nitrogens with one attached hydrogen (secondary N) is 1. The number of aliphatic hydroxyl groups excluding tert-OH is 1. The zero-order chi connectivity index (χ0) is 23.7. The Balaban J connectivity index is 2.15. The number of nitrogens with zero attached hydrogens (tertiary/aromatic N) is 1. The first-order valence-electron chi connectivity index (χ1n) is 8.55.